The number of aldehydes is 1. The van der Waals surface area contributed by atoms with Crippen molar-refractivity contribution in [2.45, 2.75) is 32.4 Å². The third-order valence-corrected chi connectivity index (χ3v) is 4.74. The van der Waals surface area contributed by atoms with Crippen LogP contribution in [0.15, 0.2) is 53.0 Å². The Hall–Kier alpha value is -1.81. The Balaban J connectivity index is 0.000000595. The van der Waals surface area contributed by atoms with Crippen molar-refractivity contribution in [2.24, 2.45) is 0 Å². The minimum atomic E-state index is 0.357. The average Bonchev–Trinajstić information content (AvgIpc) is 2.54. The summed E-state index contributed by atoms with van der Waals surface area (Å²) in [5, 5.41) is 3.67. The Morgan fingerprint density at radius 1 is 1.17 bits per heavy atom. The van der Waals surface area contributed by atoms with Gasteiger partial charge in [0.1, 0.15) is 6.29 Å². The van der Waals surface area contributed by atoms with Gasteiger partial charge in [0.2, 0.25) is 0 Å². The molecular formula is C19H23BrN2O. The highest BCUT2D eigenvalue weighted by molar-refractivity contribution is 9.10. The third kappa shape index (κ3) is 4.14. The zero-order valence-electron chi connectivity index (χ0n) is 13.8. The molecule has 0 aliphatic carbocycles. The normalized spacial score (nSPS) is 19.2. The highest BCUT2D eigenvalue weighted by Gasteiger charge is 2.29. The second kappa shape index (κ2) is 8.16. The van der Waals surface area contributed by atoms with Crippen LogP contribution in [0.5, 0.6) is 0 Å². The first-order chi connectivity index (χ1) is 11.1. The molecule has 2 unspecified atom stereocenters. The van der Waals surface area contributed by atoms with Gasteiger partial charge in [-0.15, -0.1) is 0 Å². The lowest BCUT2D eigenvalue weighted by atomic mass is 9.92. The molecular weight excluding hydrogens is 352 g/mol. The monoisotopic (exact) mass is 374 g/mol. The van der Waals surface area contributed by atoms with Crippen LogP contribution in [0.25, 0.3) is 0 Å². The van der Waals surface area contributed by atoms with E-state index in [9.17, 15) is 0 Å². The molecule has 2 aromatic carbocycles. The number of carbonyl (C=O) groups is 1. The Morgan fingerprint density at radius 3 is 2.48 bits per heavy atom. The molecule has 0 spiro atoms. The van der Waals surface area contributed by atoms with Crippen LogP contribution in [-0.2, 0) is 4.79 Å². The summed E-state index contributed by atoms with van der Waals surface area (Å²) in [6.07, 6.45) is 1.86. The molecule has 0 aromatic heterocycles. The molecule has 0 saturated heterocycles. The van der Waals surface area contributed by atoms with Crippen LogP contribution in [0.4, 0.5) is 11.4 Å². The number of nitrogens with one attached hydrogen (secondary N) is 1. The Kier molecular flexibility index (Phi) is 6.22. The SMILES string of the molecule is CC1CC(Nc2ccccc2)c2cccc(Br)c2N1C.CC=O. The van der Waals surface area contributed by atoms with E-state index in [1.54, 1.807) is 0 Å². The molecule has 0 amide bonds. The highest BCUT2D eigenvalue weighted by atomic mass is 79.9. The second-order valence-corrected chi connectivity index (χ2v) is 6.53. The maximum Gasteiger partial charge on any atom is 0.116 e. The standard InChI is InChI=1S/C17H19BrN2.C2H4O/c1-12-11-16(19-13-7-4-3-5-8-13)14-9-6-10-15(18)17(14)20(12)2;1-2-3/h3-10,12,16,19H,11H2,1-2H3;2H,1H3. The van der Waals surface area contributed by atoms with Gasteiger partial charge in [-0.2, -0.15) is 0 Å². The summed E-state index contributed by atoms with van der Waals surface area (Å²) in [6.45, 7) is 3.72. The lowest BCUT2D eigenvalue weighted by Gasteiger charge is -2.39. The molecule has 1 N–H and O–H groups in total. The van der Waals surface area contributed by atoms with Crippen molar-refractivity contribution in [3.05, 3.63) is 58.6 Å². The fourth-order valence-electron chi connectivity index (χ4n) is 2.90. The van der Waals surface area contributed by atoms with Crippen LogP contribution in [0.1, 0.15) is 31.9 Å². The number of anilines is 2. The van der Waals surface area contributed by atoms with E-state index >= 15 is 0 Å². The van der Waals surface area contributed by atoms with E-state index in [1.165, 1.54) is 28.3 Å². The largest absolute Gasteiger partial charge is 0.378 e. The van der Waals surface area contributed by atoms with Gasteiger partial charge in [-0.05, 0) is 60.0 Å². The molecule has 4 heteroatoms. The van der Waals surface area contributed by atoms with Gasteiger partial charge in [-0.1, -0.05) is 30.3 Å². The number of hydrogen-bond acceptors (Lipinski definition) is 3. The zero-order chi connectivity index (χ0) is 16.8. The van der Waals surface area contributed by atoms with Gasteiger partial charge in [0.15, 0.2) is 0 Å². The lowest BCUT2D eigenvalue weighted by Crippen LogP contribution is -2.37. The van der Waals surface area contributed by atoms with E-state index in [4.69, 9.17) is 4.79 Å². The Morgan fingerprint density at radius 2 is 1.83 bits per heavy atom. The number of rotatable bonds is 2. The molecule has 0 radical (unpaired) electrons. The highest BCUT2D eigenvalue weighted by Crippen LogP contribution is 2.42. The summed E-state index contributed by atoms with van der Waals surface area (Å²) in [7, 11) is 2.17. The fraction of sp³-hybridized carbons (Fsp3) is 0.316. The molecule has 1 heterocycles. The summed E-state index contributed by atoms with van der Waals surface area (Å²) in [5.74, 6) is 0. The summed E-state index contributed by atoms with van der Waals surface area (Å²) in [6, 6.07) is 17.8. The van der Waals surface area contributed by atoms with Crippen LogP contribution in [0.2, 0.25) is 0 Å². The summed E-state index contributed by atoms with van der Waals surface area (Å²) < 4.78 is 1.17. The number of halogens is 1. The number of hydrogen-bond donors (Lipinski definition) is 1. The first-order valence-corrected chi connectivity index (χ1v) is 8.60. The molecule has 0 saturated carbocycles. The van der Waals surface area contributed by atoms with Gasteiger partial charge in [-0.25, -0.2) is 0 Å². The van der Waals surface area contributed by atoms with E-state index in [-0.39, 0.29) is 0 Å². The van der Waals surface area contributed by atoms with Crippen LogP contribution >= 0.6 is 15.9 Å². The van der Waals surface area contributed by atoms with Gasteiger partial charge in [-0.3, -0.25) is 0 Å². The topological polar surface area (TPSA) is 32.3 Å². The maximum atomic E-state index is 8.81. The van der Waals surface area contributed by atoms with Crippen molar-refractivity contribution in [3.8, 4) is 0 Å². The predicted molar refractivity (Wildman–Crippen MR) is 101 cm³/mol. The van der Waals surface area contributed by atoms with Crippen molar-refractivity contribution >= 4 is 33.6 Å². The Labute approximate surface area is 146 Å². The quantitative estimate of drug-likeness (QED) is 0.747. The number of benzene rings is 2. The maximum absolute atomic E-state index is 8.81. The van der Waals surface area contributed by atoms with E-state index in [1.807, 2.05) is 6.07 Å². The first kappa shape index (κ1) is 17.5. The van der Waals surface area contributed by atoms with Crippen molar-refractivity contribution in [3.63, 3.8) is 0 Å². The third-order valence-electron chi connectivity index (χ3n) is 4.10. The molecule has 1 aliphatic rings. The van der Waals surface area contributed by atoms with Crippen LogP contribution in [0, 0.1) is 0 Å². The average molecular weight is 375 g/mol. The van der Waals surface area contributed by atoms with E-state index in [2.05, 4.69) is 82.6 Å². The zero-order valence-corrected chi connectivity index (χ0v) is 15.4. The van der Waals surface area contributed by atoms with Gasteiger partial charge < -0.3 is 15.0 Å². The van der Waals surface area contributed by atoms with Gasteiger partial charge in [0.25, 0.3) is 0 Å². The molecule has 0 bridgehead atoms. The fourth-order valence-corrected chi connectivity index (χ4v) is 3.57. The van der Waals surface area contributed by atoms with Crippen LogP contribution in [-0.4, -0.2) is 19.4 Å². The minimum absolute atomic E-state index is 0.357. The second-order valence-electron chi connectivity index (χ2n) is 5.67. The Bertz CT molecular complexity index is 645. The summed E-state index contributed by atoms with van der Waals surface area (Å²) in [4.78, 5) is 11.2. The smallest absolute Gasteiger partial charge is 0.116 e. The number of fused-ring (bicyclic) bond motifs is 1. The van der Waals surface area contributed by atoms with Gasteiger partial charge in [0, 0.05) is 23.2 Å². The van der Waals surface area contributed by atoms with E-state index in [0.29, 0.717) is 12.1 Å². The number of para-hydroxylation sites is 2. The number of carbonyl (C=O) groups excluding carboxylic acids is 1. The molecule has 2 atom stereocenters. The molecule has 3 nitrogen and oxygen atoms in total. The van der Waals surface area contributed by atoms with E-state index in [0.717, 1.165) is 12.7 Å². The minimum Gasteiger partial charge on any atom is -0.378 e. The molecule has 1 aliphatic heterocycles. The van der Waals surface area contributed by atoms with Crippen LogP contribution < -0.4 is 10.2 Å². The van der Waals surface area contributed by atoms with Crippen molar-refractivity contribution in [2.75, 3.05) is 17.3 Å². The molecule has 122 valence electrons. The van der Waals surface area contributed by atoms with Crippen LogP contribution in [0.3, 0.4) is 0 Å². The van der Waals surface area contributed by atoms with Gasteiger partial charge >= 0.3 is 0 Å². The van der Waals surface area contributed by atoms with E-state index < -0.39 is 0 Å². The number of nitrogens with zero attached hydrogens (tertiary/aromatic N) is 1. The predicted octanol–water partition coefficient (Wildman–Crippen LogP) is 5.04. The first-order valence-electron chi connectivity index (χ1n) is 7.81. The molecule has 2 aromatic rings. The van der Waals surface area contributed by atoms with Gasteiger partial charge in [0.05, 0.1) is 11.7 Å². The molecule has 3 rings (SSSR count). The summed E-state index contributed by atoms with van der Waals surface area (Å²) in [5.41, 5.74) is 3.85. The summed E-state index contributed by atoms with van der Waals surface area (Å²) >= 11 is 3.69. The van der Waals surface area contributed by atoms with Crippen molar-refractivity contribution in [1.82, 2.24) is 0 Å². The molecule has 23 heavy (non-hydrogen) atoms. The molecule has 0 fully saturated rings. The van der Waals surface area contributed by atoms with Crippen molar-refractivity contribution in [1.29, 1.82) is 0 Å². The lowest BCUT2D eigenvalue weighted by molar-refractivity contribution is -0.106. The van der Waals surface area contributed by atoms with Crippen molar-refractivity contribution < 1.29 is 4.79 Å².